The van der Waals surface area contributed by atoms with Crippen molar-refractivity contribution in [1.82, 2.24) is 14.5 Å². The molecule has 2 rings (SSSR count). The lowest BCUT2D eigenvalue weighted by atomic mass is 10.2. The second kappa shape index (κ2) is 5.86. The standard InChI is InChI=1S/C13H14N4O2S/c1-17-9-7-12(16-17)6-8-15-20(18,19)13-5-3-2-4-11(13)10-14/h2-5,7,9,15H,6,8H2,1H3. The highest BCUT2D eigenvalue weighted by Crippen LogP contribution is 2.13. The van der Waals surface area contributed by atoms with Crippen LogP contribution in [0.25, 0.3) is 0 Å². The average Bonchev–Trinajstić information content (AvgIpc) is 2.84. The van der Waals surface area contributed by atoms with E-state index in [9.17, 15) is 8.42 Å². The molecule has 7 heteroatoms. The molecule has 20 heavy (non-hydrogen) atoms. The number of nitrogens with one attached hydrogen (secondary N) is 1. The molecule has 1 heterocycles. The summed E-state index contributed by atoms with van der Waals surface area (Å²) >= 11 is 0. The second-order valence-electron chi connectivity index (χ2n) is 4.24. The van der Waals surface area contributed by atoms with E-state index in [2.05, 4.69) is 9.82 Å². The van der Waals surface area contributed by atoms with Crippen LogP contribution < -0.4 is 4.72 Å². The van der Waals surface area contributed by atoms with E-state index in [-0.39, 0.29) is 17.0 Å². The Kier molecular flexibility index (Phi) is 4.17. The van der Waals surface area contributed by atoms with E-state index >= 15 is 0 Å². The molecule has 1 aromatic carbocycles. The van der Waals surface area contributed by atoms with Gasteiger partial charge in [0, 0.05) is 26.2 Å². The zero-order chi connectivity index (χ0) is 14.6. The number of nitriles is 1. The molecule has 6 nitrogen and oxygen atoms in total. The maximum Gasteiger partial charge on any atom is 0.241 e. The molecule has 0 atom stereocenters. The number of aryl methyl sites for hydroxylation is 1. The Morgan fingerprint density at radius 1 is 1.35 bits per heavy atom. The fraction of sp³-hybridized carbons (Fsp3) is 0.231. The maximum atomic E-state index is 12.1. The molecule has 0 aliphatic carbocycles. The number of benzene rings is 1. The molecular formula is C13H14N4O2S. The zero-order valence-electron chi connectivity index (χ0n) is 10.9. The fourth-order valence-corrected chi connectivity index (χ4v) is 2.97. The Labute approximate surface area is 117 Å². The van der Waals surface area contributed by atoms with Gasteiger partial charge in [-0.15, -0.1) is 0 Å². The molecular weight excluding hydrogens is 276 g/mol. The molecule has 0 fully saturated rings. The summed E-state index contributed by atoms with van der Waals surface area (Å²) in [5, 5.41) is 13.1. The molecule has 0 amide bonds. The van der Waals surface area contributed by atoms with E-state index in [1.165, 1.54) is 12.1 Å². The van der Waals surface area contributed by atoms with Crippen LogP contribution in [0.3, 0.4) is 0 Å². The van der Waals surface area contributed by atoms with E-state index < -0.39 is 10.0 Å². The van der Waals surface area contributed by atoms with Gasteiger partial charge in [0.1, 0.15) is 6.07 Å². The Morgan fingerprint density at radius 2 is 2.10 bits per heavy atom. The highest BCUT2D eigenvalue weighted by Gasteiger charge is 2.17. The van der Waals surface area contributed by atoms with Gasteiger partial charge in [-0.25, -0.2) is 13.1 Å². The summed E-state index contributed by atoms with van der Waals surface area (Å²) in [5.41, 5.74) is 0.946. The first-order valence-electron chi connectivity index (χ1n) is 6.00. The predicted molar refractivity (Wildman–Crippen MR) is 73.3 cm³/mol. The SMILES string of the molecule is Cn1ccc(CCNS(=O)(=O)c2ccccc2C#N)n1. The number of sulfonamides is 1. The van der Waals surface area contributed by atoms with E-state index in [4.69, 9.17) is 5.26 Å². The van der Waals surface area contributed by atoms with Crippen LogP contribution in [0.5, 0.6) is 0 Å². The van der Waals surface area contributed by atoms with Crippen molar-refractivity contribution in [2.75, 3.05) is 6.54 Å². The van der Waals surface area contributed by atoms with Crippen molar-refractivity contribution in [2.45, 2.75) is 11.3 Å². The first-order valence-corrected chi connectivity index (χ1v) is 7.48. The summed E-state index contributed by atoms with van der Waals surface area (Å²) in [4.78, 5) is 0.00326. The van der Waals surface area contributed by atoms with Crippen LogP contribution in [0.15, 0.2) is 41.4 Å². The fourth-order valence-electron chi connectivity index (χ4n) is 1.78. The first kappa shape index (κ1) is 14.2. The van der Waals surface area contributed by atoms with Gasteiger partial charge in [-0.2, -0.15) is 10.4 Å². The third kappa shape index (κ3) is 3.23. The number of nitrogens with zero attached hydrogens (tertiary/aromatic N) is 3. The Bertz CT molecular complexity index is 744. The number of hydrogen-bond donors (Lipinski definition) is 1. The van der Waals surface area contributed by atoms with Gasteiger partial charge in [0.2, 0.25) is 10.0 Å². The topological polar surface area (TPSA) is 87.8 Å². The van der Waals surface area contributed by atoms with Crippen LogP contribution in [0, 0.1) is 11.3 Å². The molecule has 2 aromatic rings. The Morgan fingerprint density at radius 3 is 2.75 bits per heavy atom. The smallest absolute Gasteiger partial charge is 0.241 e. The van der Waals surface area contributed by atoms with Gasteiger partial charge in [0.25, 0.3) is 0 Å². The van der Waals surface area contributed by atoms with Gasteiger partial charge in [0.05, 0.1) is 16.2 Å². The van der Waals surface area contributed by atoms with Crippen LogP contribution in [0.1, 0.15) is 11.3 Å². The molecule has 0 saturated heterocycles. The summed E-state index contributed by atoms with van der Waals surface area (Å²) in [5.74, 6) is 0. The molecule has 1 aromatic heterocycles. The molecule has 0 saturated carbocycles. The average molecular weight is 290 g/mol. The highest BCUT2D eigenvalue weighted by atomic mass is 32.2. The summed E-state index contributed by atoms with van der Waals surface area (Å²) in [6.07, 6.45) is 2.30. The normalized spacial score (nSPS) is 11.2. The van der Waals surface area contributed by atoms with Gasteiger partial charge >= 0.3 is 0 Å². The minimum Gasteiger partial charge on any atom is -0.276 e. The summed E-state index contributed by atoms with van der Waals surface area (Å²) < 4.78 is 28.4. The summed E-state index contributed by atoms with van der Waals surface area (Å²) in [6, 6.07) is 9.83. The van der Waals surface area contributed by atoms with Gasteiger partial charge in [-0.1, -0.05) is 12.1 Å². The van der Waals surface area contributed by atoms with E-state index in [0.717, 1.165) is 5.69 Å². The highest BCUT2D eigenvalue weighted by molar-refractivity contribution is 7.89. The number of hydrogen-bond acceptors (Lipinski definition) is 4. The largest absolute Gasteiger partial charge is 0.276 e. The maximum absolute atomic E-state index is 12.1. The Balaban J connectivity index is 2.06. The van der Waals surface area contributed by atoms with Crippen LogP contribution >= 0.6 is 0 Å². The van der Waals surface area contributed by atoms with Crippen molar-refractivity contribution >= 4 is 10.0 Å². The predicted octanol–water partition coefficient (Wildman–Crippen LogP) is 0.813. The molecule has 104 valence electrons. The lowest BCUT2D eigenvalue weighted by Gasteiger charge is -2.07. The molecule has 1 N–H and O–H groups in total. The molecule has 0 radical (unpaired) electrons. The van der Waals surface area contributed by atoms with Crippen LogP contribution in [-0.2, 0) is 23.5 Å². The number of rotatable bonds is 5. The summed E-state index contributed by atoms with van der Waals surface area (Å²) in [6.45, 7) is 0.235. The zero-order valence-corrected chi connectivity index (χ0v) is 11.8. The lowest BCUT2D eigenvalue weighted by molar-refractivity contribution is 0.580. The third-order valence-corrected chi connectivity index (χ3v) is 4.26. The van der Waals surface area contributed by atoms with Crippen molar-refractivity contribution in [3.63, 3.8) is 0 Å². The number of aromatic nitrogens is 2. The third-order valence-electron chi connectivity index (χ3n) is 2.74. The summed E-state index contributed by atoms with van der Waals surface area (Å²) in [7, 11) is -1.87. The van der Waals surface area contributed by atoms with E-state index in [1.54, 1.807) is 30.1 Å². The van der Waals surface area contributed by atoms with Gasteiger partial charge < -0.3 is 0 Å². The minimum absolute atomic E-state index is 0.00326. The van der Waals surface area contributed by atoms with Crippen molar-refractivity contribution in [2.24, 2.45) is 7.05 Å². The van der Waals surface area contributed by atoms with Crippen LogP contribution in [0.4, 0.5) is 0 Å². The monoisotopic (exact) mass is 290 g/mol. The van der Waals surface area contributed by atoms with Gasteiger partial charge in [0.15, 0.2) is 0 Å². The molecule has 0 spiro atoms. The molecule has 0 unspecified atom stereocenters. The molecule has 0 aliphatic rings. The van der Waals surface area contributed by atoms with Crippen molar-refractivity contribution in [3.05, 3.63) is 47.8 Å². The second-order valence-corrected chi connectivity index (χ2v) is 5.97. The van der Waals surface area contributed by atoms with Crippen molar-refractivity contribution in [3.8, 4) is 6.07 Å². The Hall–Kier alpha value is -2.17. The molecule has 0 aliphatic heterocycles. The minimum atomic E-state index is -3.67. The van der Waals surface area contributed by atoms with Gasteiger partial charge in [-0.05, 0) is 18.2 Å². The van der Waals surface area contributed by atoms with Crippen molar-refractivity contribution < 1.29 is 8.42 Å². The van der Waals surface area contributed by atoms with Crippen LogP contribution in [0.2, 0.25) is 0 Å². The van der Waals surface area contributed by atoms with E-state index in [1.807, 2.05) is 12.1 Å². The first-order chi connectivity index (χ1) is 9.53. The van der Waals surface area contributed by atoms with E-state index in [0.29, 0.717) is 6.42 Å². The van der Waals surface area contributed by atoms with Crippen LogP contribution in [-0.4, -0.2) is 24.7 Å². The van der Waals surface area contributed by atoms with Crippen molar-refractivity contribution in [1.29, 1.82) is 5.26 Å². The lowest BCUT2D eigenvalue weighted by Crippen LogP contribution is -2.26. The quantitative estimate of drug-likeness (QED) is 0.882. The van der Waals surface area contributed by atoms with Gasteiger partial charge in [-0.3, -0.25) is 4.68 Å². The molecule has 0 bridgehead atoms.